The zero-order valence-corrected chi connectivity index (χ0v) is 24.5. The molecule has 3 rings (SSSR count). The van der Waals surface area contributed by atoms with E-state index in [1.807, 2.05) is 29.0 Å². The van der Waals surface area contributed by atoms with Gasteiger partial charge in [-0.2, -0.15) is 0 Å². The van der Waals surface area contributed by atoms with Crippen LogP contribution in [0, 0.1) is 0 Å². The quantitative estimate of drug-likeness (QED) is 0.204. The Kier molecular flexibility index (Phi) is 11.8. The monoisotopic (exact) mass is 599 g/mol. The molecule has 0 fully saturated rings. The molecule has 2 aromatic carbocycles. The number of aryl methyl sites for hydroxylation is 1. The van der Waals surface area contributed by atoms with Gasteiger partial charge in [-0.15, -0.1) is 0 Å². The van der Waals surface area contributed by atoms with Crippen LogP contribution in [0.1, 0.15) is 54.3 Å². The number of sulfonamides is 1. The van der Waals surface area contributed by atoms with E-state index in [4.69, 9.17) is 9.84 Å². The van der Waals surface area contributed by atoms with Crippen molar-refractivity contribution in [3.63, 3.8) is 0 Å². The fourth-order valence-electron chi connectivity index (χ4n) is 4.23. The van der Waals surface area contributed by atoms with Crippen LogP contribution in [-0.2, 0) is 16.4 Å². The van der Waals surface area contributed by atoms with Crippen molar-refractivity contribution in [2.45, 2.75) is 45.3 Å². The van der Waals surface area contributed by atoms with Gasteiger partial charge in [0.25, 0.3) is 5.91 Å². The zero-order chi connectivity index (χ0) is 30.7. The summed E-state index contributed by atoms with van der Waals surface area (Å²) in [6.45, 7) is 3.49. The Hall–Kier alpha value is -4.00. The first-order valence-corrected chi connectivity index (χ1v) is 15.3. The number of hydrogen-bond acceptors (Lipinski definition) is 8. The maximum Gasteiger partial charge on any atom is 0.407 e. The second-order valence-corrected chi connectivity index (χ2v) is 11.9. The van der Waals surface area contributed by atoms with E-state index in [9.17, 15) is 28.2 Å². The predicted octanol–water partition coefficient (Wildman–Crippen LogP) is 3.62. The Balaban J connectivity index is 1.66. The summed E-state index contributed by atoms with van der Waals surface area (Å²) in [4.78, 5) is 29.6. The molecule has 11 nitrogen and oxygen atoms in total. The van der Waals surface area contributed by atoms with Gasteiger partial charge in [-0.3, -0.25) is 9.78 Å². The molecule has 0 radical (unpaired) electrons. The van der Waals surface area contributed by atoms with Gasteiger partial charge in [0.1, 0.15) is 5.75 Å². The van der Waals surface area contributed by atoms with Gasteiger partial charge in [-0.25, -0.2) is 17.9 Å². The molecule has 1 aromatic heterocycles. The number of benzene rings is 2. The SMILES string of the molecule is CC(C)Oc1cc(-c2ccc(CCCN(C[C@@H](O)c3cccnc3)C(=O)O)cc2)ccc1C(=O)NS(=O)(=O)CCCO. The minimum atomic E-state index is -3.91. The number of rotatable bonds is 15. The van der Waals surface area contributed by atoms with E-state index in [1.54, 1.807) is 44.3 Å². The molecule has 0 saturated heterocycles. The lowest BCUT2D eigenvalue weighted by Crippen LogP contribution is -2.34. The second kappa shape index (κ2) is 15.3. The van der Waals surface area contributed by atoms with Crippen molar-refractivity contribution in [2.75, 3.05) is 25.4 Å². The number of aliphatic hydroxyl groups is 2. The number of pyridine rings is 1. The Morgan fingerprint density at radius 1 is 1.05 bits per heavy atom. The van der Waals surface area contributed by atoms with Crippen LogP contribution in [0.2, 0.25) is 0 Å². The maximum absolute atomic E-state index is 12.8. The van der Waals surface area contributed by atoms with Crippen molar-refractivity contribution >= 4 is 22.0 Å². The first kappa shape index (κ1) is 32.5. The highest BCUT2D eigenvalue weighted by Gasteiger charge is 2.21. The number of aromatic nitrogens is 1. The number of amides is 2. The first-order chi connectivity index (χ1) is 20.0. The number of hydrogen-bond donors (Lipinski definition) is 4. The van der Waals surface area contributed by atoms with Gasteiger partial charge in [0.15, 0.2) is 0 Å². The zero-order valence-electron chi connectivity index (χ0n) is 23.6. The summed E-state index contributed by atoms with van der Waals surface area (Å²) in [5, 5.41) is 28.9. The summed E-state index contributed by atoms with van der Waals surface area (Å²) in [6.07, 6.45) is 1.95. The fourth-order valence-corrected chi connectivity index (χ4v) is 5.24. The molecule has 42 heavy (non-hydrogen) atoms. The Labute approximate surface area is 245 Å². The molecule has 0 aliphatic heterocycles. The molecule has 0 saturated carbocycles. The average Bonchev–Trinajstić information content (AvgIpc) is 2.95. The highest BCUT2D eigenvalue weighted by atomic mass is 32.2. The third kappa shape index (κ3) is 9.82. The lowest BCUT2D eigenvalue weighted by molar-refractivity contribution is 0.0960. The summed E-state index contributed by atoms with van der Waals surface area (Å²) in [6, 6.07) is 16.0. The van der Waals surface area contributed by atoms with Gasteiger partial charge in [0.05, 0.1) is 30.1 Å². The molecule has 0 bridgehead atoms. The van der Waals surface area contributed by atoms with Gasteiger partial charge in [-0.05, 0) is 68.0 Å². The van der Waals surface area contributed by atoms with Crippen LogP contribution in [-0.4, -0.2) is 77.2 Å². The number of carbonyl (C=O) groups is 2. The van der Waals surface area contributed by atoms with Crippen LogP contribution >= 0.6 is 0 Å². The third-order valence-electron chi connectivity index (χ3n) is 6.32. The molecular formula is C30H37N3O8S. The van der Waals surface area contributed by atoms with Crippen molar-refractivity contribution in [2.24, 2.45) is 0 Å². The van der Waals surface area contributed by atoms with Crippen molar-refractivity contribution in [1.29, 1.82) is 0 Å². The van der Waals surface area contributed by atoms with E-state index < -0.39 is 28.1 Å². The average molecular weight is 600 g/mol. The number of carboxylic acid groups (broad SMARTS) is 1. The van der Waals surface area contributed by atoms with Gasteiger partial charge < -0.3 is 25.0 Å². The molecule has 3 aromatic rings. The highest BCUT2D eigenvalue weighted by molar-refractivity contribution is 7.90. The summed E-state index contributed by atoms with van der Waals surface area (Å²) >= 11 is 0. The second-order valence-electron chi connectivity index (χ2n) is 10.0. The first-order valence-electron chi connectivity index (χ1n) is 13.6. The Morgan fingerprint density at radius 2 is 1.76 bits per heavy atom. The molecule has 226 valence electrons. The normalized spacial score (nSPS) is 12.1. The van der Waals surface area contributed by atoms with E-state index in [0.717, 1.165) is 16.7 Å². The van der Waals surface area contributed by atoms with Crippen LogP contribution in [0.5, 0.6) is 5.75 Å². The minimum Gasteiger partial charge on any atom is -0.490 e. The molecular weight excluding hydrogens is 562 g/mol. The van der Waals surface area contributed by atoms with Crippen LogP contribution in [0.4, 0.5) is 4.79 Å². The van der Waals surface area contributed by atoms with E-state index >= 15 is 0 Å². The van der Waals surface area contributed by atoms with Gasteiger partial charge in [0.2, 0.25) is 10.0 Å². The van der Waals surface area contributed by atoms with E-state index in [0.29, 0.717) is 18.4 Å². The molecule has 0 aliphatic rings. The summed E-state index contributed by atoms with van der Waals surface area (Å²) in [7, 11) is -3.91. The van der Waals surface area contributed by atoms with Crippen molar-refractivity contribution in [3.05, 3.63) is 83.7 Å². The standard InChI is InChI=1S/C30H37N3O8S/c1-21(2)41-28-18-24(12-13-26(28)29(36)32-42(39,40)17-5-16-34)23-10-8-22(9-11-23)6-4-15-33(30(37)38)20-27(35)25-7-3-14-31-19-25/h3,7-14,18-19,21,27,34-35H,4-6,15-17,20H2,1-2H3,(H,32,36)(H,37,38)/t27-/m1/s1. The largest absolute Gasteiger partial charge is 0.490 e. The third-order valence-corrected chi connectivity index (χ3v) is 7.64. The van der Waals surface area contributed by atoms with Crippen molar-refractivity contribution in [1.82, 2.24) is 14.6 Å². The molecule has 0 unspecified atom stereocenters. The molecule has 2 amide bonds. The minimum absolute atomic E-state index is 0.0139. The Bertz CT molecular complexity index is 1430. The lowest BCUT2D eigenvalue weighted by atomic mass is 10.00. The molecule has 0 aliphatic carbocycles. The number of aliphatic hydroxyl groups excluding tert-OH is 2. The molecule has 4 N–H and O–H groups in total. The van der Waals surface area contributed by atoms with E-state index in [2.05, 4.69) is 4.98 Å². The van der Waals surface area contributed by atoms with Gasteiger partial charge in [-0.1, -0.05) is 36.4 Å². The molecule has 12 heteroatoms. The van der Waals surface area contributed by atoms with Gasteiger partial charge in [0, 0.05) is 31.1 Å². The number of ether oxygens (including phenoxy) is 1. The summed E-state index contributed by atoms with van der Waals surface area (Å²) in [5.41, 5.74) is 3.24. The molecule has 0 spiro atoms. The van der Waals surface area contributed by atoms with Gasteiger partial charge >= 0.3 is 6.09 Å². The smallest absolute Gasteiger partial charge is 0.407 e. The number of nitrogens with one attached hydrogen (secondary N) is 1. The summed E-state index contributed by atoms with van der Waals surface area (Å²) < 4.78 is 32.2. The van der Waals surface area contributed by atoms with E-state index in [-0.39, 0.29) is 49.3 Å². The predicted molar refractivity (Wildman–Crippen MR) is 158 cm³/mol. The number of nitrogens with zero attached hydrogens (tertiary/aromatic N) is 2. The van der Waals surface area contributed by atoms with Crippen LogP contribution in [0.25, 0.3) is 11.1 Å². The van der Waals surface area contributed by atoms with Crippen molar-refractivity contribution in [3.8, 4) is 16.9 Å². The highest BCUT2D eigenvalue weighted by Crippen LogP contribution is 2.29. The van der Waals surface area contributed by atoms with Crippen molar-refractivity contribution < 1.29 is 38.1 Å². The molecule has 1 atom stereocenters. The number of carbonyl (C=O) groups excluding carboxylic acids is 1. The lowest BCUT2D eigenvalue weighted by Gasteiger charge is -2.22. The molecule has 1 heterocycles. The van der Waals surface area contributed by atoms with E-state index in [1.165, 1.54) is 17.2 Å². The summed E-state index contributed by atoms with van der Waals surface area (Å²) in [5.74, 6) is -0.945. The maximum atomic E-state index is 12.8. The van der Waals surface area contributed by atoms with Crippen LogP contribution in [0.15, 0.2) is 67.0 Å². The Morgan fingerprint density at radius 3 is 2.38 bits per heavy atom. The topological polar surface area (TPSA) is 166 Å². The van der Waals surface area contributed by atoms with Crippen LogP contribution in [0.3, 0.4) is 0 Å². The van der Waals surface area contributed by atoms with Crippen LogP contribution < -0.4 is 9.46 Å². The fraction of sp³-hybridized carbons (Fsp3) is 0.367.